The summed E-state index contributed by atoms with van der Waals surface area (Å²) in [5.74, 6) is -0.260. The van der Waals surface area contributed by atoms with E-state index in [-0.39, 0.29) is 17.2 Å². The van der Waals surface area contributed by atoms with Crippen LogP contribution < -0.4 is 10.9 Å². The Bertz CT molecular complexity index is 917. The molecule has 5 nitrogen and oxygen atoms in total. The molecule has 1 N–H and O–H groups in total. The number of amides is 1. The Morgan fingerprint density at radius 3 is 2.42 bits per heavy atom. The average Bonchev–Trinajstić information content (AvgIpc) is 2.63. The van der Waals surface area contributed by atoms with Crippen LogP contribution in [-0.4, -0.2) is 22.2 Å². The van der Waals surface area contributed by atoms with Crippen LogP contribution in [0.4, 0.5) is 0 Å². The second-order valence-corrected chi connectivity index (χ2v) is 5.56. The van der Waals surface area contributed by atoms with Gasteiger partial charge in [0.15, 0.2) is 5.69 Å². The number of unbranched alkanes of at least 4 members (excludes halogenated alkanes) is 1. The van der Waals surface area contributed by atoms with Gasteiger partial charge in [0.05, 0.1) is 11.1 Å². The predicted octanol–water partition coefficient (Wildman–Crippen LogP) is 2.92. The topological polar surface area (TPSA) is 64.0 Å². The van der Waals surface area contributed by atoms with Crippen LogP contribution in [0.15, 0.2) is 59.4 Å². The number of carbonyl (C=O) groups is 1. The molecule has 0 aliphatic rings. The molecule has 5 heteroatoms. The third-order valence-electron chi connectivity index (χ3n) is 3.84. The zero-order valence-corrected chi connectivity index (χ0v) is 13.5. The molecular weight excluding hydrogens is 302 g/mol. The zero-order valence-electron chi connectivity index (χ0n) is 13.5. The Labute approximate surface area is 139 Å². The molecular formula is C19H19N3O2. The van der Waals surface area contributed by atoms with Crippen LogP contribution in [0, 0.1) is 0 Å². The number of hydrogen-bond acceptors (Lipinski definition) is 3. The number of aromatic nitrogens is 2. The number of nitrogens with one attached hydrogen (secondary N) is 1. The van der Waals surface area contributed by atoms with Crippen LogP contribution in [0.1, 0.15) is 30.3 Å². The number of nitrogens with zero attached hydrogens (tertiary/aromatic N) is 2. The first-order chi connectivity index (χ1) is 11.7. The number of fused-ring (bicyclic) bond motifs is 1. The fourth-order valence-corrected chi connectivity index (χ4v) is 2.56. The molecule has 0 fully saturated rings. The fourth-order valence-electron chi connectivity index (χ4n) is 2.56. The van der Waals surface area contributed by atoms with Gasteiger partial charge in [0, 0.05) is 11.9 Å². The molecule has 1 heterocycles. The van der Waals surface area contributed by atoms with Crippen molar-refractivity contribution in [3.05, 3.63) is 70.6 Å². The molecule has 0 spiro atoms. The minimum atomic E-state index is -0.260. The summed E-state index contributed by atoms with van der Waals surface area (Å²) in [5.41, 5.74) is 0.669. The van der Waals surface area contributed by atoms with Gasteiger partial charge in [0.2, 0.25) is 0 Å². The third-order valence-corrected chi connectivity index (χ3v) is 3.84. The van der Waals surface area contributed by atoms with Crippen molar-refractivity contribution in [3.63, 3.8) is 0 Å². The minimum absolute atomic E-state index is 0.234. The van der Waals surface area contributed by atoms with Gasteiger partial charge in [0.1, 0.15) is 0 Å². The minimum Gasteiger partial charge on any atom is -0.351 e. The lowest BCUT2D eigenvalue weighted by atomic mass is 10.1. The number of benzene rings is 2. The molecule has 0 bridgehead atoms. The molecule has 0 unspecified atom stereocenters. The van der Waals surface area contributed by atoms with E-state index < -0.39 is 0 Å². The van der Waals surface area contributed by atoms with E-state index in [1.54, 1.807) is 36.4 Å². The van der Waals surface area contributed by atoms with E-state index in [0.717, 1.165) is 12.8 Å². The number of para-hydroxylation sites is 1. The lowest BCUT2D eigenvalue weighted by molar-refractivity contribution is 0.0948. The van der Waals surface area contributed by atoms with Crippen molar-refractivity contribution in [2.45, 2.75) is 19.8 Å². The summed E-state index contributed by atoms with van der Waals surface area (Å²) < 4.78 is 1.29. The van der Waals surface area contributed by atoms with Crippen molar-refractivity contribution in [2.24, 2.45) is 0 Å². The Hall–Kier alpha value is -2.95. The molecule has 0 atom stereocenters. The van der Waals surface area contributed by atoms with E-state index >= 15 is 0 Å². The van der Waals surface area contributed by atoms with Gasteiger partial charge < -0.3 is 5.32 Å². The molecule has 122 valence electrons. The largest absolute Gasteiger partial charge is 0.351 e. The van der Waals surface area contributed by atoms with E-state index in [4.69, 9.17) is 0 Å². The molecule has 1 aromatic heterocycles. The van der Waals surface area contributed by atoms with Crippen LogP contribution in [0.25, 0.3) is 16.5 Å². The summed E-state index contributed by atoms with van der Waals surface area (Å²) in [7, 11) is 0. The van der Waals surface area contributed by atoms with Crippen molar-refractivity contribution in [2.75, 3.05) is 6.54 Å². The van der Waals surface area contributed by atoms with E-state index in [9.17, 15) is 9.59 Å². The van der Waals surface area contributed by atoms with Gasteiger partial charge in [-0.2, -0.15) is 9.78 Å². The smallest absolute Gasteiger partial charge is 0.279 e. The molecule has 3 aromatic rings. The standard InChI is InChI=1S/C19H19N3O2/c1-2-3-13-20-18(23)17-15-11-7-8-12-16(15)19(24)22(21-17)14-9-5-4-6-10-14/h4-12H,2-3,13H2,1H3,(H,20,23). The van der Waals surface area contributed by atoms with Crippen molar-refractivity contribution < 1.29 is 4.79 Å². The van der Waals surface area contributed by atoms with Gasteiger partial charge in [-0.3, -0.25) is 9.59 Å². The van der Waals surface area contributed by atoms with Gasteiger partial charge in [-0.05, 0) is 24.6 Å². The third kappa shape index (κ3) is 3.06. The summed E-state index contributed by atoms with van der Waals surface area (Å²) in [6.45, 7) is 2.66. The van der Waals surface area contributed by atoms with Gasteiger partial charge >= 0.3 is 0 Å². The molecule has 0 aliphatic carbocycles. The molecule has 0 saturated carbocycles. The monoisotopic (exact) mass is 321 g/mol. The molecule has 0 saturated heterocycles. The Morgan fingerprint density at radius 2 is 1.71 bits per heavy atom. The van der Waals surface area contributed by atoms with Crippen LogP contribution in [0.3, 0.4) is 0 Å². The number of carbonyl (C=O) groups excluding carboxylic acids is 1. The summed E-state index contributed by atoms with van der Waals surface area (Å²) in [4.78, 5) is 25.3. The summed E-state index contributed by atoms with van der Waals surface area (Å²) in [6, 6.07) is 16.2. The highest BCUT2D eigenvalue weighted by Gasteiger charge is 2.16. The van der Waals surface area contributed by atoms with Crippen LogP contribution in [0.5, 0.6) is 0 Å². The predicted molar refractivity (Wildman–Crippen MR) is 94.6 cm³/mol. The normalized spacial score (nSPS) is 10.7. The van der Waals surface area contributed by atoms with Gasteiger partial charge in [-0.25, -0.2) is 0 Å². The Balaban J connectivity index is 2.16. The number of rotatable bonds is 5. The van der Waals surface area contributed by atoms with Gasteiger partial charge in [-0.1, -0.05) is 49.7 Å². The van der Waals surface area contributed by atoms with Crippen molar-refractivity contribution in [3.8, 4) is 5.69 Å². The maximum absolute atomic E-state index is 12.7. The highest BCUT2D eigenvalue weighted by molar-refractivity contribution is 6.04. The second kappa shape index (κ2) is 7.08. The molecule has 0 aliphatic heterocycles. The molecule has 24 heavy (non-hydrogen) atoms. The van der Waals surface area contributed by atoms with E-state index in [2.05, 4.69) is 17.3 Å². The van der Waals surface area contributed by atoms with Crippen LogP contribution in [0.2, 0.25) is 0 Å². The lowest BCUT2D eigenvalue weighted by Gasteiger charge is -2.11. The second-order valence-electron chi connectivity index (χ2n) is 5.56. The fraction of sp³-hybridized carbons (Fsp3) is 0.211. The quantitative estimate of drug-likeness (QED) is 0.735. The van der Waals surface area contributed by atoms with E-state index in [0.29, 0.717) is 23.0 Å². The van der Waals surface area contributed by atoms with Gasteiger partial charge in [0.25, 0.3) is 11.5 Å². The van der Waals surface area contributed by atoms with Crippen molar-refractivity contribution in [1.82, 2.24) is 15.1 Å². The van der Waals surface area contributed by atoms with Gasteiger partial charge in [-0.15, -0.1) is 0 Å². The maximum Gasteiger partial charge on any atom is 0.279 e. The highest BCUT2D eigenvalue weighted by Crippen LogP contribution is 2.15. The summed E-state index contributed by atoms with van der Waals surface area (Å²) in [6.07, 6.45) is 1.90. The summed E-state index contributed by atoms with van der Waals surface area (Å²) in [5, 5.41) is 8.27. The first-order valence-corrected chi connectivity index (χ1v) is 8.08. The highest BCUT2D eigenvalue weighted by atomic mass is 16.2. The molecule has 2 aromatic carbocycles. The molecule has 0 radical (unpaired) electrons. The Kier molecular flexibility index (Phi) is 4.70. The SMILES string of the molecule is CCCCNC(=O)c1nn(-c2ccccc2)c(=O)c2ccccc12. The molecule has 3 rings (SSSR count). The first-order valence-electron chi connectivity index (χ1n) is 8.08. The van der Waals surface area contributed by atoms with Crippen LogP contribution >= 0.6 is 0 Å². The van der Waals surface area contributed by atoms with Crippen molar-refractivity contribution in [1.29, 1.82) is 0 Å². The van der Waals surface area contributed by atoms with E-state index in [1.807, 2.05) is 18.2 Å². The number of hydrogen-bond donors (Lipinski definition) is 1. The lowest BCUT2D eigenvalue weighted by Crippen LogP contribution is -2.30. The first kappa shape index (κ1) is 15.9. The average molecular weight is 321 g/mol. The maximum atomic E-state index is 12.7. The van der Waals surface area contributed by atoms with Crippen molar-refractivity contribution >= 4 is 16.7 Å². The van der Waals surface area contributed by atoms with E-state index in [1.165, 1.54) is 4.68 Å². The molecule has 1 amide bonds. The zero-order chi connectivity index (χ0) is 16.9. The summed E-state index contributed by atoms with van der Waals surface area (Å²) >= 11 is 0. The Morgan fingerprint density at radius 1 is 1.04 bits per heavy atom. The van der Waals surface area contributed by atoms with Crippen LogP contribution in [-0.2, 0) is 0 Å².